The molecule has 36 heavy (non-hydrogen) atoms. The maximum Gasteiger partial charge on any atom is 0.416 e. The molecule has 0 unspecified atom stereocenters. The summed E-state index contributed by atoms with van der Waals surface area (Å²) < 4.78 is 85.7. The van der Waals surface area contributed by atoms with Gasteiger partial charge < -0.3 is 14.8 Å². The van der Waals surface area contributed by atoms with Gasteiger partial charge in [0.2, 0.25) is 5.91 Å². The van der Waals surface area contributed by atoms with Crippen LogP contribution in [0.3, 0.4) is 0 Å². The van der Waals surface area contributed by atoms with E-state index in [-0.39, 0.29) is 24.1 Å². The van der Waals surface area contributed by atoms with Crippen LogP contribution in [0.5, 0.6) is 0 Å². The first-order valence-corrected chi connectivity index (χ1v) is 11.4. The second-order valence-corrected chi connectivity index (χ2v) is 9.39. The monoisotopic (exact) mass is 515 g/mol. The lowest BCUT2D eigenvalue weighted by molar-refractivity contribution is -0.143. The number of carbonyl (C=O) groups excluding carboxylic acids is 2. The van der Waals surface area contributed by atoms with E-state index < -0.39 is 40.5 Å². The van der Waals surface area contributed by atoms with Crippen molar-refractivity contribution in [3.8, 4) is 0 Å². The van der Waals surface area contributed by atoms with Gasteiger partial charge in [-0.2, -0.15) is 26.3 Å². The maximum atomic E-state index is 13.3. The predicted octanol–water partition coefficient (Wildman–Crippen LogP) is 6.39. The minimum Gasteiger partial charge on any atom is -0.373 e. The summed E-state index contributed by atoms with van der Waals surface area (Å²) in [6.45, 7) is 2.73. The molecular weight excluding hydrogens is 488 g/mol. The molecule has 1 saturated carbocycles. The summed E-state index contributed by atoms with van der Waals surface area (Å²) in [7, 11) is 0. The van der Waals surface area contributed by atoms with Gasteiger partial charge in [0.25, 0.3) is 0 Å². The van der Waals surface area contributed by atoms with Gasteiger partial charge in [0.1, 0.15) is 6.29 Å². The standard InChI is InChI=1S/C26H27F6NO3/c1-17(19-12-21(25(27,28)29)14-22(13-19)26(30,31)32)36-16-23(20-6-4-3-5-7-20)8-10-24(15-34,11-9-23)33-18(2)35/h3-7,12-15,17H,8-11,16H2,1-2H3,(H,33,35)/t17-,23?,24?/m1/s1. The third-order valence-corrected chi connectivity index (χ3v) is 6.83. The second kappa shape index (κ2) is 10.2. The topological polar surface area (TPSA) is 55.4 Å². The number of hydrogen-bond donors (Lipinski definition) is 1. The molecule has 10 heteroatoms. The summed E-state index contributed by atoms with van der Waals surface area (Å²) in [5.41, 5.74) is -3.84. The molecule has 2 aromatic rings. The quantitative estimate of drug-likeness (QED) is 0.344. The fourth-order valence-corrected chi connectivity index (χ4v) is 4.70. The van der Waals surface area contributed by atoms with E-state index >= 15 is 0 Å². The molecule has 1 amide bonds. The van der Waals surface area contributed by atoms with Gasteiger partial charge in [0, 0.05) is 12.3 Å². The number of nitrogens with one attached hydrogen (secondary N) is 1. The van der Waals surface area contributed by atoms with Crippen LogP contribution >= 0.6 is 0 Å². The number of rotatable bonds is 7. The van der Waals surface area contributed by atoms with E-state index in [9.17, 15) is 35.9 Å². The molecule has 0 radical (unpaired) electrons. The van der Waals surface area contributed by atoms with E-state index in [0.29, 0.717) is 44.1 Å². The number of benzene rings is 2. The van der Waals surface area contributed by atoms with Crippen molar-refractivity contribution in [2.24, 2.45) is 0 Å². The van der Waals surface area contributed by atoms with Crippen LogP contribution in [0.1, 0.15) is 67.9 Å². The molecule has 1 fully saturated rings. The first-order chi connectivity index (χ1) is 16.7. The molecule has 1 N–H and O–H groups in total. The van der Waals surface area contributed by atoms with Crippen LogP contribution < -0.4 is 5.32 Å². The fourth-order valence-electron chi connectivity index (χ4n) is 4.70. The zero-order chi connectivity index (χ0) is 26.8. The third kappa shape index (κ3) is 6.27. The summed E-state index contributed by atoms with van der Waals surface area (Å²) in [5.74, 6) is -0.343. The molecule has 0 bridgehead atoms. The molecule has 0 aromatic heterocycles. The molecule has 0 heterocycles. The van der Waals surface area contributed by atoms with Crippen molar-refractivity contribution in [2.75, 3.05) is 6.61 Å². The SMILES string of the molecule is CC(=O)NC1(C=O)CCC(CO[C@H](C)c2cc(C(F)(F)F)cc(C(F)(F)F)c2)(c2ccccc2)CC1. The van der Waals surface area contributed by atoms with E-state index in [4.69, 9.17) is 4.74 Å². The largest absolute Gasteiger partial charge is 0.416 e. The summed E-state index contributed by atoms with van der Waals surface area (Å²) in [4.78, 5) is 23.4. The van der Waals surface area contributed by atoms with Crippen molar-refractivity contribution in [1.82, 2.24) is 5.32 Å². The van der Waals surface area contributed by atoms with Crippen molar-refractivity contribution in [1.29, 1.82) is 0 Å². The van der Waals surface area contributed by atoms with E-state index in [2.05, 4.69) is 5.32 Å². The van der Waals surface area contributed by atoms with Gasteiger partial charge in [0.15, 0.2) is 0 Å². The van der Waals surface area contributed by atoms with Crippen molar-refractivity contribution in [3.05, 3.63) is 70.8 Å². The molecule has 2 aromatic carbocycles. The van der Waals surface area contributed by atoms with Crippen molar-refractivity contribution >= 4 is 12.2 Å². The Morgan fingerprint density at radius 1 is 0.972 bits per heavy atom. The molecule has 3 rings (SSSR count). The predicted molar refractivity (Wildman–Crippen MR) is 120 cm³/mol. The van der Waals surface area contributed by atoms with Crippen LogP contribution in [0.2, 0.25) is 0 Å². The Kier molecular flexibility index (Phi) is 7.88. The Labute approximate surface area is 205 Å². The molecule has 1 atom stereocenters. The number of halogens is 6. The minimum absolute atomic E-state index is 0.00475. The highest BCUT2D eigenvalue weighted by Crippen LogP contribution is 2.44. The van der Waals surface area contributed by atoms with E-state index in [1.165, 1.54) is 13.8 Å². The smallest absolute Gasteiger partial charge is 0.373 e. The first-order valence-electron chi connectivity index (χ1n) is 11.4. The molecule has 196 valence electrons. The molecule has 0 spiro atoms. The third-order valence-electron chi connectivity index (χ3n) is 6.83. The number of alkyl halides is 6. The highest BCUT2D eigenvalue weighted by molar-refractivity contribution is 5.80. The van der Waals surface area contributed by atoms with Crippen LogP contribution in [-0.2, 0) is 32.1 Å². The molecule has 1 aliphatic rings. The van der Waals surface area contributed by atoms with Crippen LogP contribution in [0.15, 0.2) is 48.5 Å². The van der Waals surface area contributed by atoms with E-state index in [1.807, 2.05) is 30.3 Å². The molecule has 0 aliphatic heterocycles. The zero-order valence-electron chi connectivity index (χ0n) is 19.8. The summed E-state index contributed by atoms with van der Waals surface area (Å²) in [6.07, 6.45) is -8.80. The van der Waals surface area contributed by atoms with Crippen molar-refractivity contribution < 1.29 is 40.7 Å². The summed E-state index contributed by atoms with van der Waals surface area (Å²) in [5, 5.41) is 2.70. The normalized spacial score (nSPS) is 23.7. The summed E-state index contributed by atoms with van der Waals surface area (Å²) in [6, 6.07) is 10.6. The van der Waals surface area contributed by atoms with Crippen LogP contribution in [0, 0.1) is 0 Å². The van der Waals surface area contributed by atoms with Gasteiger partial charge in [-0.3, -0.25) is 4.79 Å². The van der Waals surface area contributed by atoms with Gasteiger partial charge in [-0.15, -0.1) is 0 Å². The lowest BCUT2D eigenvalue weighted by atomic mass is 9.64. The minimum atomic E-state index is -4.95. The van der Waals surface area contributed by atoms with Crippen LogP contribution in [0.4, 0.5) is 26.3 Å². The summed E-state index contributed by atoms with van der Waals surface area (Å²) >= 11 is 0. The van der Waals surface area contributed by atoms with Crippen molar-refractivity contribution in [2.45, 2.75) is 68.9 Å². The van der Waals surface area contributed by atoms with Gasteiger partial charge in [-0.05, 0) is 61.9 Å². The average Bonchev–Trinajstić information content (AvgIpc) is 2.82. The van der Waals surface area contributed by atoms with Gasteiger partial charge >= 0.3 is 12.4 Å². The second-order valence-electron chi connectivity index (χ2n) is 9.39. The Hall–Kier alpha value is -2.88. The van der Waals surface area contributed by atoms with Crippen molar-refractivity contribution in [3.63, 3.8) is 0 Å². The number of hydrogen-bond acceptors (Lipinski definition) is 3. The molecular formula is C26H27F6NO3. The number of carbonyl (C=O) groups is 2. The van der Waals surface area contributed by atoms with Gasteiger partial charge in [0.05, 0.1) is 29.4 Å². The first kappa shape index (κ1) is 27.7. The maximum absolute atomic E-state index is 13.3. The Bertz CT molecular complexity index is 1040. The molecule has 4 nitrogen and oxygen atoms in total. The average molecular weight is 515 g/mol. The molecule has 0 saturated heterocycles. The highest BCUT2D eigenvalue weighted by Gasteiger charge is 2.45. The van der Waals surface area contributed by atoms with Gasteiger partial charge in [-0.25, -0.2) is 0 Å². The Balaban J connectivity index is 1.89. The lowest BCUT2D eigenvalue weighted by Gasteiger charge is -2.45. The zero-order valence-corrected chi connectivity index (χ0v) is 19.8. The van der Waals surface area contributed by atoms with E-state index in [0.717, 1.165) is 5.56 Å². The number of aldehydes is 1. The van der Waals surface area contributed by atoms with Crippen LogP contribution in [0.25, 0.3) is 0 Å². The molecule has 1 aliphatic carbocycles. The highest BCUT2D eigenvalue weighted by atomic mass is 19.4. The fraction of sp³-hybridized carbons (Fsp3) is 0.462. The number of ether oxygens (including phenoxy) is 1. The van der Waals surface area contributed by atoms with Crippen LogP contribution in [-0.4, -0.2) is 24.3 Å². The Morgan fingerprint density at radius 2 is 1.50 bits per heavy atom. The number of amides is 1. The van der Waals surface area contributed by atoms with Gasteiger partial charge in [-0.1, -0.05) is 30.3 Å². The lowest BCUT2D eigenvalue weighted by Crippen LogP contribution is -2.54. The van der Waals surface area contributed by atoms with E-state index in [1.54, 1.807) is 0 Å². The Morgan fingerprint density at radius 3 is 1.94 bits per heavy atom.